The Morgan fingerprint density at radius 3 is 2.56 bits per heavy atom. The molecule has 2 aliphatic rings. The van der Waals surface area contributed by atoms with Crippen LogP contribution in [0.4, 0.5) is 4.79 Å². The fourth-order valence-corrected chi connectivity index (χ4v) is 3.78. The highest BCUT2D eigenvalue weighted by Crippen LogP contribution is 2.30. The molecule has 1 aromatic carbocycles. The van der Waals surface area contributed by atoms with Gasteiger partial charge in [0.25, 0.3) is 11.8 Å². The summed E-state index contributed by atoms with van der Waals surface area (Å²) in [5.74, 6) is -0.666. The Balaban J connectivity index is 1.55. The molecule has 0 aliphatic carbocycles. The summed E-state index contributed by atoms with van der Waals surface area (Å²) < 4.78 is 5.24. The number of carbonyl (C=O) groups excluding carboxylic acids is 3. The van der Waals surface area contributed by atoms with Gasteiger partial charge in [-0.1, -0.05) is 18.2 Å². The summed E-state index contributed by atoms with van der Waals surface area (Å²) in [6.07, 6.45) is 0.636. The summed E-state index contributed by atoms with van der Waals surface area (Å²) in [6, 6.07) is 8.14. The summed E-state index contributed by atoms with van der Waals surface area (Å²) in [4.78, 5) is 52.2. The van der Waals surface area contributed by atoms with Crippen molar-refractivity contribution in [3.63, 3.8) is 0 Å². The normalized spacial score (nSPS) is 19.0. The standard InChI is InChI=1S/C19H19N3O5/c1-2-22-17(25)19(20-18(22)26)7-9-21(10-8-19)15(23)13-11-12-5-3-4-6-14(12)27-16(13)24/h3-6,11H,2,7-10H2,1H3,(H,20,26). The number of imide groups is 1. The first-order chi connectivity index (χ1) is 12.9. The summed E-state index contributed by atoms with van der Waals surface area (Å²) in [7, 11) is 0. The molecular weight excluding hydrogens is 350 g/mol. The number of likely N-dealkylation sites (N-methyl/N-ethyl adjacent to an activating group) is 1. The third kappa shape index (κ3) is 2.68. The van der Waals surface area contributed by atoms with E-state index in [1.807, 2.05) is 0 Å². The molecule has 8 heteroatoms. The maximum absolute atomic E-state index is 12.8. The monoisotopic (exact) mass is 369 g/mol. The van der Waals surface area contributed by atoms with Gasteiger partial charge in [-0.3, -0.25) is 14.5 Å². The smallest absolute Gasteiger partial charge is 0.349 e. The number of nitrogens with zero attached hydrogens (tertiary/aromatic N) is 2. The first-order valence-electron chi connectivity index (χ1n) is 8.91. The van der Waals surface area contributed by atoms with Gasteiger partial charge in [0.05, 0.1) is 0 Å². The number of carbonyl (C=O) groups is 3. The second kappa shape index (κ2) is 6.22. The molecule has 2 aliphatic heterocycles. The highest BCUT2D eigenvalue weighted by Gasteiger charge is 2.52. The minimum atomic E-state index is -0.947. The Morgan fingerprint density at radius 2 is 1.89 bits per heavy atom. The van der Waals surface area contributed by atoms with Crippen LogP contribution >= 0.6 is 0 Å². The number of piperidine rings is 1. The minimum Gasteiger partial charge on any atom is -0.422 e. The van der Waals surface area contributed by atoms with Gasteiger partial charge in [0, 0.05) is 25.0 Å². The van der Waals surface area contributed by atoms with Gasteiger partial charge in [0.2, 0.25) is 0 Å². The number of para-hydroxylation sites is 1. The Labute approximate surface area is 154 Å². The molecule has 2 saturated heterocycles. The van der Waals surface area contributed by atoms with Crippen molar-refractivity contribution < 1.29 is 18.8 Å². The molecule has 0 atom stereocenters. The van der Waals surface area contributed by atoms with Crippen molar-refractivity contribution in [2.75, 3.05) is 19.6 Å². The van der Waals surface area contributed by atoms with Crippen LogP contribution in [-0.4, -0.2) is 52.8 Å². The van der Waals surface area contributed by atoms with Crippen LogP contribution in [0.3, 0.4) is 0 Å². The first kappa shape index (κ1) is 17.3. The second-order valence-electron chi connectivity index (χ2n) is 6.84. The predicted octanol–water partition coefficient (Wildman–Crippen LogP) is 1.34. The lowest BCUT2D eigenvalue weighted by atomic mass is 9.87. The molecule has 140 valence electrons. The first-order valence-corrected chi connectivity index (χ1v) is 8.91. The van der Waals surface area contributed by atoms with E-state index in [0.717, 1.165) is 0 Å². The number of hydrogen-bond donors (Lipinski definition) is 1. The van der Waals surface area contributed by atoms with Crippen molar-refractivity contribution in [1.82, 2.24) is 15.1 Å². The van der Waals surface area contributed by atoms with Crippen LogP contribution in [0.25, 0.3) is 11.0 Å². The van der Waals surface area contributed by atoms with E-state index in [4.69, 9.17) is 4.42 Å². The van der Waals surface area contributed by atoms with E-state index in [2.05, 4.69) is 5.32 Å². The highest BCUT2D eigenvalue weighted by molar-refractivity contribution is 6.07. The van der Waals surface area contributed by atoms with Crippen molar-refractivity contribution >= 4 is 28.8 Å². The van der Waals surface area contributed by atoms with Gasteiger partial charge >= 0.3 is 11.7 Å². The molecule has 8 nitrogen and oxygen atoms in total. The predicted molar refractivity (Wildman–Crippen MR) is 96.3 cm³/mol. The Morgan fingerprint density at radius 1 is 1.19 bits per heavy atom. The fourth-order valence-electron chi connectivity index (χ4n) is 3.78. The van der Waals surface area contributed by atoms with Gasteiger partial charge in [-0.25, -0.2) is 9.59 Å². The minimum absolute atomic E-state index is 0.0263. The largest absolute Gasteiger partial charge is 0.422 e. The molecule has 2 fully saturated rings. The van der Waals surface area contributed by atoms with E-state index in [1.54, 1.807) is 31.2 Å². The van der Waals surface area contributed by atoms with E-state index >= 15 is 0 Å². The van der Waals surface area contributed by atoms with Gasteiger partial charge in [-0.15, -0.1) is 0 Å². The van der Waals surface area contributed by atoms with Crippen molar-refractivity contribution in [2.45, 2.75) is 25.3 Å². The third-order valence-electron chi connectivity index (χ3n) is 5.34. The van der Waals surface area contributed by atoms with Crippen LogP contribution in [-0.2, 0) is 4.79 Å². The average Bonchev–Trinajstić information content (AvgIpc) is 2.90. The van der Waals surface area contributed by atoms with Crippen LogP contribution in [0, 0.1) is 0 Å². The SMILES string of the molecule is CCN1C(=O)NC2(CCN(C(=O)c3cc4ccccc4oc3=O)CC2)C1=O. The van der Waals surface area contributed by atoms with Crippen LogP contribution in [0.1, 0.15) is 30.1 Å². The fraction of sp³-hybridized carbons (Fsp3) is 0.368. The van der Waals surface area contributed by atoms with Gasteiger partial charge in [0.1, 0.15) is 16.7 Å². The number of benzene rings is 1. The number of amides is 4. The molecule has 0 unspecified atom stereocenters. The third-order valence-corrected chi connectivity index (χ3v) is 5.34. The van der Waals surface area contributed by atoms with E-state index in [0.29, 0.717) is 30.4 Å². The Hall–Kier alpha value is -3.16. The summed E-state index contributed by atoms with van der Waals surface area (Å²) in [6.45, 7) is 2.60. The topological polar surface area (TPSA) is 99.9 Å². The molecule has 1 spiro atoms. The molecule has 0 bridgehead atoms. The van der Waals surface area contributed by atoms with E-state index in [1.165, 1.54) is 15.9 Å². The van der Waals surface area contributed by atoms with Crippen LogP contribution in [0.15, 0.2) is 39.5 Å². The van der Waals surface area contributed by atoms with E-state index in [-0.39, 0.29) is 24.6 Å². The lowest BCUT2D eigenvalue weighted by Crippen LogP contribution is -2.56. The zero-order chi connectivity index (χ0) is 19.2. The van der Waals surface area contributed by atoms with E-state index < -0.39 is 23.1 Å². The van der Waals surface area contributed by atoms with Crippen molar-refractivity contribution in [3.05, 3.63) is 46.3 Å². The number of rotatable bonds is 2. The van der Waals surface area contributed by atoms with Crippen molar-refractivity contribution in [3.8, 4) is 0 Å². The molecule has 4 rings (SSSR count). The molecule has 27 heavy (non-hydrogen) atoms. The Kier molecular flexibility index (Phi) is 3.98. The Bertz CT molecular complexity index is 1000. The van der Waals surface area contributed by atoms with Crippen molar-refractivity contribution in [1.29, 1.82) is 0 Å². The number of hydrogen-bond acceptors (Lipinski definition) is 5. The molecular formula is C19H19N3O5. The number of likely N-dealkylation sites (tertiary alicyclic amines) is 1. The van der Waals surface area contributed by atoms with Crippen molar-refractivity contribution in [2.24, 2.45) is 0 Å². The van der Waals surface area contributed by atoms with E-state index in [9.17, 15) is 19.2 Å². The van der Waals surface area contributed by atoms with Crippen LogP contribution in [0.2, 0.25) is 0 Å². The summed E-state index contributed by atoms with van der Waals surface area (Å²) in [5, 5.41) is 3.45. The molecule has 2 aromatic rings. The lowest BCUT2D eigenvalue weighted by Gasteiger charge is -2.37. The molecule has 4 amide bonds. The zero-order valence-electron chi connectivity index (χ0n) is 14.9. The van der Waals surface area contributed by atoms with Crippen LogP contribution in [0.5, 0.6) is 0 Å². The zero-order valence-corrected chi connectivity index (χ0v) is 14.9. The molecule has 0 saturated carbocycles. The average molecular weight is 369 g/mol. The number of fused-ring (bicyclic) bond motifs is 1. The second-order valence-corrected chi connectivity index (χ2v) is 6.84. The van der Waals surface area contributed by atoms with Gasteiger partial charge in [-0.2, -0.15) is 0 Å². The van der Waals surface area contributed by atoms with Gasteiger partial charge in [-0.05, 0) is 31.9 Å². The van der Waals surface area contributed by atoms with Gasteiger partial charge in [0.15, 0.2) is 0 Å². The van der Waals surface area contributed by atoms with Gasteiger partial charge < -0.3 is 14.6 Å². The quantitative estimate of drug-likeness (QED) is 0.636. The maximum atomic E-state index is 12.8. The molecule has 1 aromatic heterocycles. The summed E-state index contributed by atoms with van der Waals surface area (Å²) >= 11 is 0. The number of nitrogens with one attached hydrogen (secondary N) is 1. The highest BCUT2D eigenvalue weighted by atomic mass is 16.4. The molecule has 3 heterocycles. The summed E-state index contributed by atoms with van der Waals surface area (Å²) in [5.41, 5.74) is -1.23. The van der Waals surface area contributed by atoms with Crippen LogP contribution < -0.4 is 10.9 Å². The molecule has 0 radical (unpaired) electrons. The molecule has 1 N–H and O–H groups in total. The maximum Gasteiger partial charge on any atom is 0.349 e. The lowest BCUT2D eigenvalue weighted by molar-refractivity contribution is -0.132. The number of urea groups is 1.